The summed E-state index contributed by atoms with van der Waals surface area (Å²) < 4.78 is 5.94. The number of thiophene rings is 1. The first-order valence-corrected chi connectivity index (χ1v) is 5.62. The van der Waals surface area contributed by atoms with Crippen molar-refractivity contribution in [2.24, 2.45) is 5.92 Å². The molecular weight excluding hydrogens is 220 g/mol. The Hall–Kier alpha value is -0.540. The van der Waals surface area contributed by atoms with Crippen molar-refractivity contribution in [3.05, 3.63) is 21.3 Å². The van der Waals surface area contributed by atoms with E-state index in [1.807, 2.05) is 26.0 Å². The minimum absolute atomic E-state index is 0.176. The first-order valence-electron chi connectivity index (χ1n) is 4.43. The molecule has 1 rings (SSSR count). The molecule has 14 heavy (non-hydrogen) atoms. The highest BCUT2D eigenvalue weighted by Crippen LogP contribution is 2.33. The quantitative estimate of drug-likeness (QED) is 0.744. The number of hydrogen-bond acceptors (Lipinski definition) is 3. The van der Waals surface area contributed by atoms with Crippen LogP contribution >= 0.6 is 22.9 Å². The number of esters is 1. The maximum absolute atomic E-state index is 10.9. The average molecular weight is 233 g/mol. The second-order valence-corrected chi connectivity index (χ2v) is 5.16. The molecule has 0 spiro atoms. The zero-order valence-electron chi connectivity index (χ0n) is 8.41. The Morgan fingerprint density at radius 3 is 2.50 bits per heavy atom. The van der Waals surface area contributed by atoms with E-state index in [0.717, 1.165) is 9.21 Å². The minimum atomic E-state index is -0.256. The van der Waals surface area contributed by atoms with Crippen LogP contribution in [0.1, 0.15) is 31.8 Å². The summed E-state index contributed by atoms with van der Waals surface area (Å²) in [4.78, 5) is 11.9. The van der Waals surface area contributed by atoms with E-state index in [-0.39, 0.29) is 18.0 Å². The summed E-state index contributed by atoms with van der Waals surface area (Å²) in [6.07, 6.45) is -0.176. The fraction of sp³-hybridized carbons (Fsp3) is 0.500. The van der Waals surface area contributed by atoms with Gasteiger partial charge in [0, 0.05) is 11.8 Å². The van der Waals surface area contributed by atoms with Gasteiger partial charge in [-0.3, -0.25) is 4.79 Å². The van der Waals surface area contributed by atoms with Gasteiger partial charge in [0.2, 0.25) is 0 Å². The summed E-state index contributed by atoms with van der Waals surface area (Å²) in [5.41, 5.74) is 0. The molecule has 0 N–H and O–H groups in total. The third-order valence-electron chi connectivity index (χ3n) is 1.77. The summed E-state index contributed by atoms with van der Waals surface area (Å²) in [7, 11) is 0. The Kier molecular flexibility index (Phi) is 3.96. The van der Waals surface area contributed by atoms with Crippen molar-refractivity contribution in [2.75, 3.05) is 0 Å². The van der Waals surface area contributed by atoms with Crippen molar-refractivity contribution in [1.82, 2.24) is 0 Å². The third-order valence-corrected chi connectivity index (χ3v) is 3.07. The first kappa shape index (κ1) is 11.5. The molecule has 0 aliphatic heterocycles. The van der Waals surface area contributed by atoms with Crippen LogP contribution in [0.4, 0.5) is 0 Å². The number of carbonyl (C=O) groups excluding carboxylic acids is 1. The van der Waals surface area contributed by atoms with Crippen molar-refractivity contribution in [2.45, 2.75) is 26.9 Å². The lowest BCUT2D eigenvalue weighted by Gasteiger charge is -2.18. The molecule has 1 unspecified atom stereocenters. The van der Waals surface area contributed by atoms with Gasteiger partial charge >= 0.3 is 5.97 Å². The maximum Gasteiger partial charge on any atom is 0.303 e. The molecule has 0 saturated carbocycles. The molecule has 1 aromatic heterocycles. The Bertz CT molecular complexity index is 320. The van der Waals surface area contributed by atoms with Crippen LogP contribution in [0.2, 0.25) is 4.34 Å². The van der Waals surface area contributed by atoms with Gasteiger partial charge in [-0.1, -0.05) is 25.4 Å². The zero-order chi connectivity index (χ0) is 10.7. The largest absolute Gasteiger partial charge is 0.457 e. The van der Waals surface area contributed by atoms with E-state index in [1.165, 1.54) is 18.3 Å². The van der Waals surface area contributed by atoms with Gasteiger partial charge in [0.15, 0.2) is 0 Å². The average Bonchev–Trinajstić information content (AvgIpc) is 2.46. The molecule has 78 valence electrons. The predicted molar refractivity (Wildman–Crippen MR) is 58.7 cm³/mol. The summed E-state index contributed by atoms with van der Waals surface area (Å²) in [6, 6.07) is 3.72. The molecule has 0 aromatic carbocycles. The maximum atomic E-state index is 10.9. The molecule has 4 heteroatoms. The van der Waals surface area contributed by atoms with Crippen molar-refractivity contribution < 1.29 is 9.53 Å². The smallest absolute Gasteiger partial charge is 0.303 e. The van der Waals surface area contributed by atoms with Crippen LogP contribution in [-0.2, 0) is 9.53 Å². The van der Waals surface area contributed by atoms with Crippen molar-refractivity contribution in [3.8, 4) is 0 Å². The lowest BCUT2D eigenvalue weighted by Crippen LogP contribution is -2.12. The highest BCUT2D eigenvalue weighted by Gasteiger charge is 2.20. The lowest BCUT2D eigenvalue weighted by atomic mass is 10.1. The van der Waals surface area contributed by atoms with Crippen LogP contribution in [0.3, 0.4) is 0 Å². The SMILES string of the molecule is CC(=O)OC(c1ccc(Cl)s1)C(C)C. The van der Waals surface area contributed by atoms with E-state index in [4.69, 9.17) is 16.3 Å². The Balaban J connectivity index is 2.82. The van der Waals surface area contributed by atoms with Crippen molar-refractivity contribution >= 4 is 28.9 Å². The number of rotatable bonds is 3. The van der Waals surface area contributed by atoms with Gasteiger partial charge in [0.05, 0.1) is 4.34 Å². The van der Waals surface area contributed by atoms with E-state index >= 15 is 0 Å². The molecular formula is C10H13ClO2S. The van der Waals surface area contributed by atoms with Gasteiger partial charge in [0.1, 0.15) is 6.10 Å². The lowest BCUT2D eigenvalue weighted by molar-refractivity contribution is -0.148. The van der Waals surface area contributed by atoms with Crippen molar-refractivity contribution in [1.29, 1.82) is 0 Å². The molecule has 0 radical (unpaired) electrons. The fourth-order valence-electron chi connectivity index (χ4n) is 1.18. The molecule has 0 aliphatic carbocycles. The topological polar surface area (TPSA) is 26.3 Å². The monoisotopic (exact) mass is 232 g/mol. The Morgan fingerprint density at radius 1 is 1.50 bits per heavy atom. The first-order chi connectivity index (χ1) is 6.50. The van der Waals surface area contributed by atoms with E-state index in [2.05, 4.69) is 0 Å². The van der Waals surface area contributed by atoms with Gasteiger partial charge < -0.3 is 4.74 Å². The van der Waals surface area contributed by atoms with Crippen LogP contribution in [0.15, 0.2) is 12.1 Å². The molecule has 1 aromatic rings. The second-order valence-electron chi connectivity index (χ2n) is 3.42. The highest BCUT2D eigenvalue weighted by molar-refractivity contribution is 7.16. The fourth-order valence-corrected chi connectivity index (χ4v) is 2.45. The van der Waals surface area contributed by atoms with E-state index in [1.54, 1.807) is 0 Å². The zero-order valence-corrected chi connectivity index (χ0v) is 9.98. The third kappa shape index (κ3) is 3.00. The summed E-state index contributed by atoms with van der Waals surface area (Å²) in [5, 5.41) is 0. The molecule has 0 bridgehead atoms. The molecule has 0 saturated heterocycles. The molecule has 0 amide bonds. The summed E-state index contributed by atoms with van der Waals surface area (Å²) in [5.74, 6) is 0.00170. The van der Waals surface area contributed by atoms with E-state index in [9.17, 15) is 4.79 Å². The van der Waals surface area contributed by atoms with Gasteiger partial charge in [-0.05, 0) is 18.1 Å². The second kappa shape index (κ2) is 4.80. The molecule has 0 fully saturated rings. The Morgan fingerprint density at radius 2 is 2.14 bits per heavy atom. The molecule has 1 heterocycles. The van der Waals surface area contributed by atoms with Gasteiger partial charge in [-0.15, -0.1) is 11.3 Å². The molecule has 2 nitrogen and oxygen atoms in total. The molecule has 1 atom stereocenters. The normalized spacial score (nSPS) is 12.9. The Labute approximate surface area is 92.8 Å². The van der Waals surface area contributed by atoms with Gasteiger partial charge in [0.25, 0.3) is 0 Å². The van der Waals surface area contributed by atoms with Crippen LogP contribution in [0.25, 0.3) is 0 Å². The summed E-state index contributed by atoms with van der Waals surface area (Å²) in [6.45, 7) is 5.45. The number of ether oxygens (including phenoxy) is 1. The number of halogens is 1. The van der Waals surface area contributed by atoms with Crippen molar-refractivity contribution in [3.63, 3.8) is 0 Å². The predicted octanol–water partition coefficient (Wildman–Crippen LogP) is 3.66. The van der Waals surface area contributed by atoms with Crippen LogP contribution in [0, 0.1) is 5.92 Å². The van der Waals surface area contributed by atoms with E-state index in [0.29, 0.717) is 0 Å². The number of hydrogen-bond donors (Lipinski definition) is 0. The van der Waals surface area contributed by atoms with Gasteiger partial charge in [-0.25, -0.2) is 0 Å². The van der Waals surface area contributed by atoms with E-state index < -0.39 is 0 Å². The number of carbonyl (C=O) groups is 1. The standard InChI is InChI=1S/C10H13ClO2S/c1-6(2)10(13-7(3)12)8-4-5-9(11)14-8/h4-6,10H,1-3H3. The summed E-state index contributed by atoms with van der Waals surface area (Å²) >= 11 is 7.28. The van der Waals surface area contributed by atoms with Crippen LogP contribution in [-0.4, -0.2) is 5.97 Å². The molecule has 0 aliphatic rings. The van der Waals surface area contributed by atoms with Gasteiger partial charge in [-0.2, -0.15) is 0 Å². The minimum Gasteiger partial charge on any atom is -0.457 e. The highest BCUT2D eigenvalue weighted by atomic mass is 35.5. The van der Waals surface area contributed by atoms with Crippen LogP contribution in [0.5, 0.6) is 0 Å². The van der Waals surface area contributed by atoms with Crippen LogP contribution < -0.4 is 0 Å².